The Hall–Kier alpha value is -2.33. The van der Waals surface area contributed by atoms with Crippen molar-refractivity contribution >= 4 is 29.1 Å². The largest absolute Gasteiger partial charge is 0.347 e. The normalized spacial score (nSPS) is 10.1. The van der Waals surface area contributed by atoms with Crippen LogP contribution in [0.15, 0.2) is 48.5 Å². The van der Waals surface area contributed by atoms with E-state index < -0.39 is 0 Å². The van der Waals surface area contributed by atoms with E-state index in [0.29, 0.717) is 10.7 Å². The van der Waals surface area contributed by atoms with E-state index in [0.717, 1.165) is 11.1 Å². The highest BCUT2D eigenvalue weighted by molar-refractivity contribution is 6.30. The highest BCUT2D eigenvalue weighted by atomic mass is 35.5. The van der Waals surface area contributed by atoms with Crippen molar-refractivity contribution in [1.29, 1.82) is 0 Å². The number of aryl methyl sites for hydroxylation is 1. The Morgan fingerprint density at radius 1 is 1.00 bits per heavy atom. The van der Waals surface area contributed by atoms with Gasteiger partial charge in [-0.3, -0.25) is 9.59 Å². The van der Waals surface area contributed by atoms with E-state index in [1.165, 1.54) is 0 Å². The molecule has 22 heavy (non-hydrogen) atoms. The summed E-state index contributed by atoms with van der Waals surface area (Å²) in [6.07, 6.45) is 0.265. The van der Waals surface area contributed by atoms with Gasteiger partial charge in [-0.05, 0) is 42.3 Å². The van der Waals surface area contributed by atoms with Crippen LogP contribution in [0.1, 0.15) is 11.1 Å². The summed E-state index contributed by atoms with van der Waals surface area (Å²) in [7, 11) is 0. The maximum absolute atomic E-state index is 11.9. The Morgan fingerprint density at radius 2 is 1.68 bits per heavy atom. The summed E-state index contributed by atoms with van der Waals surface area (Å²) in [6.45, 7) is 1.89. The molecule has 0 radical (unpaired) electrons. The number of rotatable bonds is 5. The van der Waals surface area contributed by atoms with Crippen molar-refractivity contribution < 1.29 is 9.59 Å². The van der Waals surface area contributed by atoms with Crippen molar-refractivity contribution in [3.05, 3.63) is 64.7 Å². The first kappa shape index (κ1) is 16.0. The van der Waals surface area contributed by atoms with Gasteiger partial charge in [-0.2, -0.15) is 0 Å². The molecule has 0 fully saturated rings. The third-order valence-corrected chi connectivity index (χ3v) is 3.44. The van der Waals surface area contributed by atoms with E-state index in [1.807, 2.05) is 31.2 Å². The van der Waals surface area contributed by atoms with Gasteiger partial charge >= 0.3 is 0 Å². The van der Waals surface area contributed by atoms with Gasteiger partial charge in [-0.1, -0.05) is 35.9 Å². The van der Waals surface area contributed by atoms with Crippen molar-refractivity contribution in [3.63, 3.8) is 0 Å². The molecule has 2 rings (SSSR count). The predicted molar refractivity (Wildman–Crippen MR) is 88.0 cm³/mol. The van der Waals surface area contributed by atoms with E-state index in [2.05, 4.69) is 10.6 Å². The summed E-state index contributed by atoms with van der Waals surface area (Å²) in [6, 6.07) is 14.5. The van der Waals surface area contributed by atoms with E-state index in [1.54, 1.807) is 24.3 Å². The van der Waals surface area contributed by atoms with Crippen molar-refractivity contribution in [3.8, 4) is 0 Å². The van der Waals surface area contributed by atoms with Gasteiger partial charge in [0.25, 0.3) is 0 Å². The third kappa shape index (κ3) is 4.90. The summed E-state index contributed by atoms with van der Waals surface area (Å²) in [5.41, 5.74) is 2.66. The summed E-state index contributed by atoms with van der Waals surface area (Å²) in [4.78, 5) is 23.6. The van der Waals surface area contributed by atoms with Crippen LogP contribution in [0.3, 0.4) is 0 Å². The van der Waals surface area contributed by atoms with Crippen molar-refractivity contribution in [2.75, 3.05) is 11.9 Å². The first-order chi connectivity index (χ1) is 10.5. The van der Waals surface area contributed by atoms with Gasteiger partial charge in [0.1, 0.15) is 0 Å². The Bertz CT molecular complexity index is 669. The molecule has 0 saturated carbocycles. The quantitative estimate of drug-likeness (QED) is 0.891. The highest BCUT2D eigenvalue weighted by Gasteiger charge is 2.08. The van der Waals surface area contributed by atoms with Gasteiger partial charge in [0.05, 0.1) is 13.0 Å². The van der Waals surface area contributed by atoms with Crippen LogP contribution in [-0.2, 0) is 16.0 Å². The van der Waals surface area contributed by atoms with Crippen molar-refractivity contribution in [2.24, 2.45) is 0 Å². The molecule has 114 valence electrons. The molecule has 0 atom stereocenters. The van der Waals surface area contributed by atoms with Crippen LogP contribution in [0.2, 0.25) is 5.02 Å². The molecule has 2 amide bonds. The van der Waals surface area contributed by atoms with Crippen LogP contribution >= 0.6 is 11.6 Å². The molecule has 0 saturated heterocycles. The molecular formula is C17H17ClN2O2. The number of amides is 2. The van der Waals surface area contributed by atoms with Crippen LogP contribution in [0.25, 0.3) is 0 Å². The Kier molecular flexibility index (Phi) is 5.55. The molecule has 5 heteroatoms. The lowest BCUT2D eigenvalue weighted by Crippen LogP contribution is -2.33. The lowest BCUT2D eigenvalue weighted by molar-refractivity contribution is -0.123. The lowest BCUT2D eigenvalue weighted by atomic mass is 10.1. The summed E-state index contributed by atoms with van der Waals surface area (Å²) in [5, 5.41) is 5.90. The lowest BCUT2D eigenvalue weighted by Gasteiger charge is -2.08. The number of carbonyl (C=O) groups excluding carboxylic acids is 2. The second-order valence-corrected chi connectivity index (χ2v) is 5.37. The van der Waals surface area contributed by atoms with Crippen LogP contribution in [0.4, 0.5) is 5.69 Å². The molecule has 0 bridgehead atoms. The van der Waals surface area contributed by atoms with Gasteiger partial charge in [0.2, 0.25) is 11.8 Å². The monoisotopic (exact) mass is 316 g/mol. The van der Waals surface area contributed by atoms with Gasteiger partial charge in [-0.15, -0.1) is 0 Å². The molecule has 0 aliphatic rings. The fourth-order valence-corrected chi connectivity index (χ4v) is 2.09. The fourth-order valence-electron chi connectivity index (χ4n) is 1.96. The second kappa shape index (κ2) is 7.61. The second-order valence-electron chi connectivity index (χ2n) is 4.94. The number of hydrogen-bond donors (Lipinski definition) is 2. The van der Waals surface area contributed by atoms with Gasteiger partial charge in [-0.25, -0.2) is 0 Å². The number of nitrogens with one attached hydrogen (secondary N) is 2. The highest BCUT2D eigenvalue weighted by Crippen LogP contribution is 2.13. The molecule has 2 aromatic rings. The summed E-state index contributed by atoms with van der Waals surface area (Å²) >= 11 is 5.77. The average molecular weight is 317 g/mol. The number of carbonyl (C=O) groups is 2. The predicted octanol–water partition coefficient (Wildman–Crippen LogP) is 2.95. The van der Waals surface area contributed by atoms with Crippen molar-refractivity contribution in [1.82, 2.24) is 5.32 Å². The van der Waals surface area contributed by atoms with Crippen LogP contribution in [0.5, 0.6) is 0 Å². The number of benzene rings is 2. The zero-order valence-electron chi connectivity index (χ0n) is 12.2. The van der Waals surface area contributed by atoms with E-state index in [9.17, 15) is 9.59 Å². The Morgan fingerprint density at radius 3 is 2.36 bits per heavy atom. The molecule has 0 aliphatic heterocycles. The maximum atomic E-state index is 11.9. The molecule has 4 nitrogen and oxygen atoms in total. The smallest absolute Gasteiger partial charge is 0.243 e. The summed E-state index contributed by atoms with van der Waals surface area (Å²) < 4.78 is 0. The molecular weight excluding hydrogens is 300 g/mol. The Labute approximate surface area is 134 Å². The minimum absolute atomic E-state index is 0.0622. The van der Waals surface area contributed by atoms with Gasteiger partial charge < -0.3 is 10.6 Å². The molecule has 2 aromatic carbocycles. The minimum atomic E-state index is -0.277. The molecule has 0 spiro atoms. The number of halogens is 1. The zero-order chi connectivity index (χ0) is 15.9. The number of anilines is 1. The third-order valence-electron chi connectivity index (χ3n) is 3.19. The molecule has 0 aromatic heterocycles. The SMILES string of the molecule is Cc1ccccc1CC(=O)NCC(=O)Nc1ccc(Cl)cc1. The molecule has 2 N–H and O–H groups in total. The summed E-state index contributed by atoms with van der Waals surface area (Å²) in [5.74, 6) is -0.457. The van der Waals surface area contributed by atoms with E-state index in [4.69, 9.17) is 11.6 Å². The van der Waals surface area contributed by atoms with E-state index >= 15 is 0 Å². The average Bonchev–Trinajstić information content (AvgIpc) is 2.50. The Balaban J connectivity index is 1.79. The first-order valence-electron chi connectivity index (χ1n) is 6.91. The van der Waals surface area contributed by atoms with Crippen LogP contribution < -0.4 is 10.6 Å². The fraction of sp³-hybridized carbons (Fsp3) is 0.176. The standard InChI is InChI=1S/C17H17ClN2O2/c1-12-4-2-3-5-13(12)10-16(21)19-11-17(22)20-15-8-6-14(18)7-9-15/h2-9H,10-11H2,1H3,(H,19,21)(H,20,22). The van der Waals surface area contributed by atoms with Gasteiger partial charge in [0, 0.05) is 10.7 Å². The maximum Gasteiger partial charge on any atom is 0.243 e. The number of hydrogen-bond acceptors (Lipinski definition) is 2. The zero-order valence-corrected chi connectivity index (χ0v) is 13.0. The molecule has 0 heterocycles. The van der Waals surface area contributed by atoms with Crippen LogP contribution in [-0.4, -0.2) is 18.4 Å². The molecule has 0 aliphatic carbocycles. The van der Waals surface area contributed by atoms with E-state index in [-0.39, 0.29) is 24.8 Å². The topological polar surface area (TPSA) is 58.2 Å². The minimum Gasteiger partial charge on any atom is -0.347 e. The first-order valence-corrected chi connectivity index (χ1v) is 7.29. The van der Waals surface area contributed by atoms with Gasteiger partial charge in [0.15, 0.2) is 0 Å². The molecule has 0 unspecified atom stereocenters. The van der Waals surface area contributed by atoms with Crippen LogP contribution in [0, 0.1) is 6.92 Å². The van der Waals surface area contributed by atoms with Crippen molar-refractivity contribution in [2.45, 2.75) is 13.3 Å².